The fourth-order valence-corrected chi connectivity index (χ4v) is 4.84. The van der Waals surface area contributed by atoms with E-state index >= 15 is 0 Å². The summed E-state index contributed by atoms with van der Waals surface area (Å²) in [5, 5.41) is 9.53. The van der Waals surface area contributed by atoms with Crippen molar-refractivity contribution in [1.29, 1.82) is 0 Å². The fourth-order valence-electron chi connectivity index (χ4n) is 3.62. The minimum absolute atomic E-state index is 0.0580. The van der Waals surface area contributed by atoms with Gasteiger partial charge in [0.1, 0.15) is 16.4 Å². The second-order valence-electron chi connectivity index (χ2n) is 6.78. The van der Waals surface area contributed by atoms with Gasteiger partial charge >= 0.3 is 0 Å². The van der Waals surface area contributed by atoms with Gasteiger partial charge in [0.15, 0.2) is 5.43 Å². The third-order valence-corrected chi connectivity index (χ3v) is 6.52. The number of carbonyl (C=O) groups excluding carboxylic acids is 1. The number of rotatable bonds is 3. The molecule has 2 aromatic heterocycles. The summed E-state index contributed by atoms with van der Waals surface area (Å²) >= 11 is 4.73. The van der Waals surface area contributed by atoms with Crippen LogP contribution in [-0.4, -0.2) is 16.1 Å². The molecule has 0 saturated heterocycles. The van der Waals surface area contributed by atoms with Crippen LogP contribution in [-0.2, 0) is 6.42 Å². The average Bonchev–Trinajstić information content (AvgIpc) is 3.31. The fraction of sp³-hybridized carbons (Fsp3) is 0.143. The minimum Gasteiger partial charge on any atom is -0.450 e. The van der Waals surface area contributed by atoms with Crippen LogP contribution in [0, 0.1) is 5.82 Å². The largest absolute Gasteiger partial charge is 0.450 e. The first-order valence-electron chi connectivity index (χ1n) is 9.15. The van der Waals surface area contributed by atoms with Gasteiger partial charge in [0.25, 0.3) is 5.91 Å². The van der Waals surface area contributed by atoms with Gasteiger partial charge in [-0.2, -0.15) is 0 Å². The Morgan fingerprint density at radius 1 is 1.20 bits per heavy atom. The van der Waals surface area contributed by atoms with Gasteiger partial charge in [-0.05, 0) is 42.3 Å². The molecule has 4 aromatic rings. The maximum absolute atomic E-state index is 13.8. The second kappa shape index (κ2) is 7.10. The van der Waals surface area contributed by atoms with E-state index in [0.29, 0.717) is 17.1 Å². The molecule has 0 fully saturated rings. The Labute approximate surface area is 182 Å². The molecule has 5 rings (SSSR count). The van der Waals surface area contributed by atoms with Gasteiger partial charge in [-0.1, -0.05) is 46.3 Å². The van der Waals surface area contributed by atoms with Gasteiger partial charge < -0.3 is 4.42 Å². The van der Waals surface area contributed by atoms with Crippen molar-refractivity contribution in [3.05, 3.63) is 84.9 Å². The molecule has 2 aromatic carbocycles. The molecule has 1 aliphatic heterocycles. The Kier molecular flexibility index (Phi) is 4.52. The normalized spacial score (nSPS) is 15.8. The minimum atomic E-state index is -0.758. The predicted molar refractivity (Wildman–Crippen MR) is 115 cm³/mol. The number of carbonyl (C=O) groups is 1. The molecule has 1 atom stereocenters. The van der Waals surface area contributed by atoms with Crippen molar-refractivity contribution in [2.45, 2.75) is 19.4 Å². The van der Waals surface area contributed by atoms with E-state index in [4.69, 9.17) is 4.42 Å². The number of halogens is 2. The third kappa shape index (κ3) is 2.88. The van der Waals surface area contributed by atoms with E-state index in [2.05, 4.69) is 26.1 Å². The highest BCUT2D eigenvalue weighted by molar-refractivity contribution is 9.10. The van der Waals surface area contributed by atoms with E-state index < -0.39 is 23.2 Å². The number of nitrogens with zero attached hydrogens (tertiary/aromatic N) is 3. The van der Waals surface area contributed by atoms with Crippen molar-refractivity contribution < 1.29 is 13.6 Å². The monoisotopic (exact) mass is 485 g/mol. The molecule has 30 heavy (non-hydrogen) atoms. The van der Waals surface area contributed by atoms with Crippen molar-refractivity contribution in [1.82, 2.24) is 10.2 Å². The van der Waals surface area contributed by atoms with Crippen molar-refractivity contribution in [2.24, 2.45) is 0 Å². The van der Waals surface area contributed by atoms with Gasteiger partial charge in [-0.25, -0.2) is 4.39 Å². The van der Waals surface area contributed by atoms with Crippen molar-refractivity contribution in [2.75, 3.05) is 4.90 Å². The number of anilines is 1. The lowest BCUT2D eigenvalue weighted by Crippen LogP contribution is -2.29. The Balaban J connectivity index is 1.82. The van der Waals surface area contributed by atoms with Crippen LogP contribution < -0.4 is 10.3 Å². The van der Waals surface area contributed by atoms with Crippen LogP contribution in [0.15, 0.2) is 56.1 Å². The number of hydrogen-bond donors (Lipinski definition) is 0. The summed E-state index contributed by atoms with van der Waals surface area (Å²) in [7, 11) is 0. The van der Waals surface area contributed by atoms with Crippen LogP contribution in [0.2, 0.25) is 0 Å². The summed E-state index contributed by atoms with van der Waals surface area (Å²) in [6.45, 7) is 1.95. The van der Waals surface area contributed by atoms with Crippen LogP contribution in [0.5, 0.6) is 0 Å². The standard InChI is InChI=1S/C21H13BrFN3O3S/c1-2-15-24-25-21(30-15)26-17(10-4-3-5-11(22)8-10)16-18(27)13-9-12(23)6-7-14(13)29-19(16)20(26)28/h3-9,17H,2H2,1H3. The number of hydrogen-bond acceptors (Lipinski definition) is 6. The number of benzene rings is 2. The Hall–Kier alpha value is -2.91. The molecule has 1 amide bonds. The first kappa shape index (κ1) is 19.1. The van der Waals surface area contributed by atoms with Crippen LogP contribution in [0.3, 0.4) is 0 Å². The number of aryl methyl sites for hydroxylation is 1. The molecule has 1 unspecified atom stereocenters. The number of amides is 1. The first-order chi connectivity index (χ1) is 14.5. The molecule has 3 heterocycles. The summed E-state index contributed by atoms with van der Waals surface area (Å²) in [6.07, 6.45) is 0.675. The maximum atomic E-state index is 13.8. The lowest BCUT2D eigenvalue weighted by molar-refractivity contribution is 0.0970. The number of aromatic nitrogens is 2. The molecule has 0 bridgehead atoms. The lowest BCUT2D eigenvalue weighted by atomic mass is 9.99. The zero-order valence-electron chi connectivity index (χ0n) is 15.6. The molecule has 0 saturated carbocycles. The molecular formula is C21H13BrFN3O3S. The average molecular weight is 486 g/mol. The summed E-state index contributed by atoms with van der Waals surface area (Å²) in [4.78, 5) is 28.2. The second-order valence-corrected chi connectivity index (χ2v) is 8.74. The summed E-state index contributed by atoms with van der Waals surface area (Å²) < 4.78 is 20.4. The lowest BCUT2D eigenvalue weighted by Gasteiger charge is -2.22. The van der Waals surface area contributed by atoms with E-state index in [0.717, 1.165) is 15.5 Å². The highest BCUT2D eigenvalue weighted by Gasteiger charge is 2.45. The van der Waals surface area contributed by atoms with E-state index in [-0.39, 0.29) is 22.3 Å². The van der Waals surface area contributed by atoms with Gasteiger partial charge in [0.2, 0.25) is 10.9 Å². The first-order valence-corrected chi connectivity index (χ1v) is 10.8. The topological polar surface area (TPSA) is 76.3 Å². The summed E-state index contributed by atoms with van der Waals surface area (Å²) in [5.74, 6) is -1.08. The van der Waals surface area contributed by atoms with Crippen molar-refractivity contribution >= 4 is 49.3 Å². The van der Waals surface area contributed by atoms with Gasteiger partial charge in [-0.3, -0.25) is 14.5 Å². The van der Waals surface area contributed by atoms with E-state index in [1.807, 2.05) is 31.2 Å². The summed E-state index contributed by atoms with van der Waals surface area (Å²) in [5.41, 5.74) is 0.596. The molecule has 1 aliphatic rings. The van der Waals surface area contributed by atoms with Gasteiger partial charge in [0, 0.05) is 4.47 Å². The molecule has 0 radical (unpaired) electrons. The molecule has 150 valence electrons. The van der Waals surface area contributed by atoms with E-state index in [9.17, 15) is 14.0 Å². The number of fused-ring (bicyclic) bond motifs is 2. The van der Waals surface area contributed by atoms with Crippen LogP contribution in [0.4, 0.5) is 9.52 Å². The van der Waals surface area contributed by atoms with Gasteiger partial charge in [-0.15, -0.1) is 10.2 Å². The van der Waals surface area contributed by atoms with Crippen LogP contribution in [0.25, 0.3) is 11.0 Å². The zero-order valence-corrected chi connectivity index (χ0v) is 18.0. The molecule has 0 spiro atoms. The summed E-state index contributed by atoms with van der Waals surface area (Å²) in [6, 6.07) is 10.2. The predicted octanol–water partition coefficient (Wildman–Crippen LogP) is 4.86. The van der Waals surface area contributed by atoms with E-state index in [1.54, 1.807) is 0 Å². The Morgan fingerprint density at radius 3 is 2.77 bits per heavy atom. The highest BCUT2D eigenvalue weighted by Crippen LogP contribution is 2.42. The van der Waals surface area contributed by atoms with Crippen LogP contribution >= 0.6 is 27.3 Å². The molecular weight excluding hydrogens is 473 g/mol. The molecule has 6 nitrogen and oxygen atoms in total. The smallest absolute Gasteiger partial charge is 0.297 e. The van der Waals surface area contributed by atoms with Crippen LogP contribution in [0.1, 0.15) is 39.7 Å². The van der Waals surface area contributed by atoms with Crippen molar-refractivity contribution in [3.63, 3.8) is 0 Å². The van der Waals surface area contributed by atoms with E-state index in [1.165, 1.54) is 28.4 Å². The quantitative estimate of drug-likeness (QED) is 0.414. The maximum Gasteiger partial charge on any atom is 0.297 e. The third-order valence-electron chi connectivity index (χ3n) is 4.96. The van der Waals surface area contributed by atoms with Gasteiger partial charge in [0.05, 0.1) is 17.0 Å². The molecule has 0 aliphatic carbocycles. The highest BCUT2D eigenvalue weighted by atomic mass is 79.9. The zero-order chi connectivity index (χ0) is 21.0. The van der Waals surface area contributed by atoms with Crippen molar-refractivity contribution in [3.8, 4) is 0 Å². The molecule has 0 N–H and O–H groups in total. The molecule has 9 heteroatoms. The SMILES string of the molecule is CCc1nnc(N2C(=O)c3oc4ccc(F)cc4c(=O)c3C2c2cccc(Br)c2)s1. The Morgan fingerprint density at radius 2 is 2.03 bits per heavy atom. The Bertz CT molecular complexity index is 1380.